The molecule has 0 aliphatic carbocycles. The molecule has 0 spiro atoms. The van der Waals surface area contributed by atoms with Gasteiger partial charge in [0.1, 0.15) is 5.75 Å². The van der Waals surface area contributed by atoms with Crippen molar-refractivity contribution in [1.29, 1.82) is 0 Å². The molecule has 1 rings (SSSR count). The summed E-state index contributed by atoms with van der Waals surface area (Å²) in [7, 11) is 1.80. The Morgan fingerprint density at radius 1 is 1.37 bits per heavy atom. The molecule has 0 saturated carbocycles. The lowest BCUT2D eigenvalue weighted by Crippen LogP contribution is -2.30. The van der Waals surface area contributed by atoms with E-state index < -0.39 is 5.97 Å². The lowest BCUT2D eigenvalue weighted by atomic mass is 9.97. The second kappa shape index (κ2) is 7.14. The van der Waals surface area contributed by atoms with Crippen molar-refractivity contribution < 1.29 is 14.6 Å². The number of ether oxygens (including phenoxy) is 1. The van der Waals surface area contributed by atoms with Gasteiger partial charge in [-0.05, 0) is 57.0 Å². The topological polar surface area (TPSA) is 58.6 Å². The van der Waals surface area contributed by atoms with Gasteiger partial charge in [-0.25, -0.2) is 0 Å². The quantitative estimate of drug-likeness (QED) is 0.794. The van der Waals surface area contributed by atoms with Crippen LogP contribution in [0.2, 0.25) is 0 Å². The van der Waals surface area contributed by atoms with Gasteiger partial charge in [0.25, 0.3) is 0 Å². The van der Waals surface area contributed by atoms with Crippen molar-refractivity contribution in [3.8, 4) is 5.75 Å². The molecule has 0 radical (unpaired) electrons. The molecule has 0 aromatic heterocycles. The summed E-state index contributed by atoms with van der Waals surface area (Å²) >= 11 is 0. The van der Waals surface area contributed by atoms with Crippen LogP contribution in [0.15, 0.2) is 12.1 Å². The molecule has 0 aliphatic heterocycles. The summed E-state index contributed by atoms with van der Waals surface area (Å²) in [6.45, 7) is 6.66. The second-order valence-corrected chi connectivity index (χ2v) is 4.76. The number of rotatable bonds is 7. The van der Waals surface area contributed by atoms with E-state index in [0.717, 1.165) is 16.9 Å². The maximum absolute atomic E-state index is 10.8. The highest BCUT2D eigenvalue weighted by molar-refractivity contribution is 5.67. The minimum atomic E-state index is -0.778. The van der Waals surface area contributed by atoms with Crippen molar-refractivity contribution in [1.82, 2.24) is 5.32 Å². The fraction of sp³-hybridized carbons (Fsp3) is 0.533. The molecule has 2 N–H and O–H groups in total. The van der Waals surface area contributed by atoms with E-state index in [4.69, 9.17) is 9.84 Å². The van der Waals surface area contributed by atoms with Crippen LogP contribution < -0.4 is 10.1 Å². The van der Waals surface area contributed by atoms with Crippen molar-refractivity contribution in [3.63, 3.8) is 0 Å². The van der Waals surface area contributed by atoms with Gasteiger partial charge in [0.05, 0.1) is 13.0 Å². The fourth-order valence-corrected chi connectivity index (χ4v) is 2.13. The van der Waals surface area contributed by atoms with Crippen LogP contribution in [0.4, 0.5) is 0 Å². The molecule has 1 unspecified atom stereocenters. The Balaban J connectivity index is 2.88. The van der Waals surface area contributed by atoms with Gasteiger partial charge in [0.15, 0.2) is 0 Å². The number of aryl methyl sites for hydroxylation is 2. The summed E-state index contributed by atoms with van der Waals surface area (Å²) in [5.74, 6) is 0.127. The van der Waals surface area contributed by atoms with Crippen molar-refractivity contribution in [3.05, 3.63) is 28.8 Å². The van der Waals surface area contributed by atoms with E-state index in [1.807, 2.05) is 26.8 Å². The first-order valence-corrected chi connectivity index (χ1v) is 6.59. The van der Waals surface area contributed by atoms with Crippen LogP contribution >= 0.6 is 0 Å². The Hall–Kier alpha value is -1.55. The Bertz CT molecular complexity index is 443. The SMILES string of the molecule is CCOc1cc(C)c(CC(CC(=O)O)NC)cc1C. The molecule has 0 heterocycles. The number of aliphatic carboxylic acids is 1. The molecule has 19 heavy (non-hydrogen) atoms. The second-order valence-electron chi connectivity index (χ2n) is 4.76. The van der Waals surface area contributed by atoms with Crippen LogP contribution in [0.3, 0.4) is 0 Å². The summed E-state index contributed by atoms with van der Waals surface area (Å²) in [6.07, 6.45) is 0.837. The van der Waals surface area contributed by atoms with Crippen LogP contribution in [0.5, 0.6) is 5.75 Å². The molecule has 4 heteroatoms. The molecular weight excluding hydrogens is 242 g/mol. The standard InChI is InChI=1S/C15H23NO3/c1-5-19-14-7-10(2)12(6-11(14)3)8-13(16-4)9-15(17)18/h6-7,13,16H,5,8-9H2,1-4H3,(H,17,18). The highest BCUT2D eigenvalue weighted by Crippen LogP contribution is 2.24. The summed E-state index contributed by atoms with van der Waals surface area (Å²) in [5.41, 5.74) is 3.40. The zero-order chi connectivity index (χ0) is 14.4. The van der Waals surface area contributed by atoms with Crippen LogP contribution in [-0.2, 0) is 11.2 Å². The van der Waals surface area contributed by atoms with E-state index in [0.29, 0.717) is 13.0 Å². The van der Waals surface area contributed by atoms with Crippen LogP contribution in [0.25, 0.3) is 0 Å². The van der Waals surface area contributed by atoms with Gasteiger partial charge in [-0.1, -0.05) is 6.07 Å². The van der Waals surface area contributed by atoms with Gasteiger partial charge >= 0.3 is 5.97 Å². The Morgan fingerprint density at radius 2 is 2.05 bits per heavy atom. The van der Waals surface area contributed by atoms with E-state index in [-0.39, 0.29) is 12.5 Å². The molecule has 4 nitrogen and oxygen atoms in total. The normalized spacial score (nSPS) is 12.2. The zero-order valence-electron chi connectivity index (χ0n) is 12.1. The number of likely N-dealkylation sites (N-methyl/N-ethyl adjacent to an activating group) is 1. The first-order chi connectivity index (χ1) is 8.97. The van der Waals surface area contributed by atoms with Gasteiger partial charge < -0.3 is 15.2 Å². The highest BCUT2D eigenvalue weighted by atomic mass is 16.5. The Morgan fingerprint density at radius 3 is 2.58 bits per heavy atom. The van der Waals surface area contributed by atoms with Gasteiger partial charge in [-0.2, -0.15) is 0 Å². The number of carbonyl (C=O) groups is 1. The van der Waals surface area contributed by atoms with E-state index in [1.54, 1.807) is 7.05 Å². The minimum Gasteiger partial charge on any atom is -0.494 e. The van der Waals surface area contributed by atoms with E-state index in [9.17, 15) is 4.79 Å². The lowest BCUT2D eigenvalue weighted by molar-refractivity contribution is -0.137. The molecule has 0 bridgehead atoms. The fourth-order valence-electron chi connectivity index (χ4n) is 2.13. The molecule has 0 aliphatic rings. The van der Waals surface area contributed by atoms with Gasteiger partial charge in [-0.15, -0.1) is 0 Å². The van der Waals surface area contributed by atoms with Gasteiger partial charge in [-0.3, -0.25) is 4.79 Å². The average Bonchev–Trinajstić information content (AvgIpc) is 2.34. The Kier molecular flexibility index (Phi) is 5.83. The average molecular weight is 265 g/mol. The van der Waals surface area contributed by atoms with E-state index in [2.05, 4.69) is 11.4 Å². The van der Waals surface area contributed by atoms with Crippen molar-refractivity contribution in [2.75, 3.05) is 13.7 Å². The maximum Gasteiger partial charge on any atom is 0.304 e. The monoisotopic (exact) mass is 265 g/mol. The third-order valence-corrected chi connectivity index (χ3v) is 3.23. The zero-order valence-corrected chi connectivity index (χ0v) is 12.1. The highest BCUT2D eigenvalue weighted by Gasteiger charge is 2.14. The number of benzene rings is 1. The van der Waals surface area contributed by atoms with Crippen LogP contribution in [0.1, 0.15) is 30.0 Å². The summed E-state index contributed by atoms with van der Waals surface area (Å²) in [5, 5.41) is 11.9. The number of hydrogen-bond acceptors (Lipinski definition) is 3. The Labute approximate surface area is 114 Å². The number of nitrogens with one attached hydrogen (secondary N) is 1. The molecule has 1 atom stereocenters. The van der Waals surface area contributed by atoms with E-state index >= 15 is 0 Å². The predicted molar refractivity (Wildman–Crippen MR) is 75.9 cm³/mol. The smallest absolute Gasteiger partial charge is 0.304 e. The minimum absolute atomic E-state index is 0.0476. The van der Waals surface area contributed by atoms with E-state index in [1.165, 1.54) is 5.56 Å². The van der Waals surface area contributed by atoms with Crippen LogP contribution in [-0.4, -0.2) is 30.8 Å². The molecular formula is C15H23NO3. The molecule has 1 aromatic rings. The first-order valence-electron chi connectivity index (χ1n) is 6.59. The van der Waals surface area contributed by atoms with Crippen molar-refractivity contribution in [2.45, 2.75) is 39.7 Å². The molecule has 0 saturated heterocycles. The van der Waals surface area contributed by atoms with Crippen molar-refractivity contribution in [2.24, 2.45) is 0 Å². The molecule has 0 fully saturated rings. The number of hydrogen-bond donors (Lipinski definition) is 2. The largest absolute Gasteiger partial charge is 0.494 e. The number of carboxylic acid groups (broad SMARTS) is 1. The lowest BCUT2D eigenvalue weighted by Gasteiger charge is -2.17. The third kappa shape index (κ3) is 4.56. The van der Waals surface area contributed by atoms with Gasteiger partial charge in [0.2, 0.25) is 0 Å². The summed E-state index contributed by atoms with van der Waals surface area (Å²) < 4.78 is 5.56. The van der Waals surface area contributed by atoms with Crippen LogP contribution in [0, 0.1) is 13.8 Å². The third-order valence-electron chi connectivity index (χ3n) is 3.23. The number of carboxylic acids is 1. The summed E-state index contributed by atoms with van der Waals surface area (Å²) in [4.78, 5) is 10.8. The maximum atomic E-state index is 10.8. The van der Waals surface area contributed by atoms with Gasteiger partial charge in [0, 0.05) is 6.04 Å². The molecule has 106 valence electrons. The predicted octanol–water partition coefficient (Wildman–Crippen LogP) is 2.31. The first kappa shape index (κ1) is 15.5. The summed E-state index contributed by atoms with van der Waals surface area (Å²) in [6, 6.07) is 4.07. The molecule has 1 aromatic carbocycles. The van der Waals surface area contributed by atoms with Crippen molar-refractivity contribution >= 4 is 5.97 Å². The molecule has 0 amide bonds.